The molecule has 17 heavy (non-hydrogen) atoms. The molecule has 0 fully saturated rings. The minimum absolute atomic E-state index is 0.374. The Morgan fingerprint density at radius 3 is 1.53 bits per heavy atom. The van der Waals surface area contributed by atoms with Crippen molar-refractivity contribution in [2.24, 2.45) is 0 Å². The number of hydrogen-bond acceptors (Lipinski definition) is 2. The van der Waals surface area contributed by atoms with Crippen molar-refractivity contribution in [1.29, 1.82) is 0 Å². The summed E-state index contributed by atoms with van der Waals surface area (Å²) in [5.41, 5.74) is 0. The zero-order valence-corrected chi connectivity index (χ0v) is 12.4. The van der Waals surface area contributed by atoms with Crippen LogP contribution < -0.4 is 0 Å². The Morgan fingerprint density at radius 2 is 1.12 bits per heavy atom. The SMILES string of the molecule is CCCCCCCCCCCC(C)(OC)OC. The van der Waals surface area contributed by atoms with Gasteiger partial charge in [0.05, 0.1) is 0 Å². The normalized spacial score (nSPS) is 12.0. The van der Waals surface area contributed by atoms with Crippen LogP contribution in [0.2, 0.25) is 0 Å². The highest BCUT2D eigenvalue weighted by Crippen LogP contribution is 2.19. The lowest BCUT2D eigenvalue weighted by Gasteiger charge is -2.26. The minimum atomic E-state index is -0.374. The van der Waals surface area contributed by atoms with E-state index in [1.54, 1.807) is 14.2 Å². The van der Waals surface area contributed by atoms with Crippen LogP contribution in [-0.2, 0) is 9.47 Å². The summed E-state index contributed by atoms with van der Waals surface area (Å²) in [7, 11) is 3.44. The molecule has 0 bridgehead atoms. The van der Waals surface area contributed by atoms with Gasteiger partial charge in [-0.1, -0.05) is 58.3 Å². The molecule has 0 aliphatic rings. The Balaban J connectivity index is 3.23. The number of hydrogen-bond donors (Lipinski definition) is 0. The molecule has 0 heterocycles. The summed E-state index contributed by atoms with van der Waals surface area (Å²) in [6, 6.07) is 0. The van der Waals surface area contributed by atoms with Gasteiger partial charge in [-0.25, -0.2) is 0 Å². The predicted molar refractivity (Wildman–Crippen MR) is 74.3 cm³/mol. The van der Waals surface area contributed by atoms with Gasteiger partial charge in [0.25, 0.3) is 0 Å². The second kappa shape index (κ2) is 11.0. The highest BCUT2D eigenvalue weighted by atomic mass is 16.7. The molecule has 2 heteroatoms. The molecular formula is C15H32O2. The average molecular weight is 244 g/mol. The van der Waals surface area contributed by atoms with E-state index in [4.69, 9.17) is 9.47 Å². The van der Waals surface area contributed by atoms with Crippen LogP contribution in [0.3, 0.4) is 0 Å². The lowest BCUT2D eigenvalue weighted by molar-refractivity contribution is -0.197. The molecule has 0 N–H and O–H groups in total. The largest absolute Gasteiger partial charge is 0.353 e. The first-order chi connectivity index (χ1) is 8.18. The summed E-state index contributed by atoms with van der Waals surface area (Å²) in [5, 5.41) is 0. The summed E-state index contributed by atoms with van der Waals surface area (Å²) in [5.74, 6) is -0.374. The third kappa shape index (κ3) is 9.61. The Bertz CT molecular complexity index is 153. The van der Waals surface area contributed by atoms with Gasteiger partial charge in [-0.05, 0) is 13.3 Å². The van der Waals surface area contributed by atoms with Crippen molar-refractivity contribution in [3.8, 4) is 0 Å². The number of ether oxygens (including phenoxy) is 2. The zero-order chi connectivity index (χ0) is 13.0. The molecule has 0 atom stereocenters. The molecule has 0 aliphatic heterocycles. The summed E-state index contributed by atoms with van der Waals surface area (Å²) in [4.78, 5) is 0. The van der Waals surface area contributed by atoms with Crippen LogP contribution >= 0.6 is 0 Å². The van der Waals surface area contributed by atoms with Gasteiger partial charge in [0.2, 0.25) is 0 Å². The van der Waals surface area contributed by atoms with Crippen LogP contribution in [0.15, 0.2) is 0 Å². The number of unbranched alkanes of at least 4 members (excludes halogenated alkanes) is 8. The molecule has 0 aromatic rings. The van der Waals surface area contributed by atoms with Gasteiger partial charge in [0.1, 0.15) is 0 Å². The van der Waals surface area contributed by atoms with Gasteiger partial charge in [0, 0.05) is 20.6 Å². The maximum absolute atomic E-state index is 5.34. The van der Waals surface area contributed by atoms with Crippen molar-refractivity contribution in [2.75, 3.05) is 14.2 Å². The third-order valence-corrected chi connectivity index (χ3v) is 3.60. The van der Waals surface area contributed by atoms with Crippen LogP contribution in [0.4, 0.5) is 0 Å². The van der Waals surface area contributed by atoms with Crippen LogP contribution in [0.5, 0.6) is 0 Å². The van der Waals surface area contributed by atoms with Crippen molar-refractivity contribution < 1.29 is 9.47 Å². The molecule has 0 rings (SSSR count). The first-order valence-corrected chi connectivity index (χ1v) is 7.29. The maximum atomic E-state index is 5.34. The standard InChI is InChI=1S/C15H32O2/c1-5-6-7-8-9-10-11-12-13-14-15(2,16-3)17-4/h5-14H2,1-4H3. The number of methoxy groups -OCH3 is 2. The van der Waals surface area contributed by atoms with E-state index in [-0.39, 0.29) is 5.79 Å². The van der Waals surface area contributed by atoms with Gasteiger partial charge < -0.3 is 9.47 Å². The van der Waals surface area contributed by atoms with Gasteiger partial charge in [-0.3, -0.25) is 0 Å². The van der Waals surface area contributed by atoms with Crippen molar-refractivity contribution in [3.05, 3.63) is 0 Å². The molecule has 0 aromatic heterocycles. The maximum Gasteiger partial charge on any atom is 0.164 e. The summed E-state index contributed by atoms with van der Waals surface area (Å²) >= 11 is 0. The summed E-state index contributed by atoms with van der Waals surface area (Å²) < 4.78 is 10.7. The van der Waals surface area contributed by atoms with Crippen molar-refractivity contribution in [3.63, 3.8) is 0 Å². The lowest BCUT2D eigenvalue weighted by Crippen LogP contribution is -2.29. The Hall–Kier alpha value is -0.0800. The van der Waals surface area contributed by atoms with Gasteiger partial charge in [-0.15, -0.1) is 0 Å². The molecule has 0 unspecified atom stereocenters. The molecule has 104 valence electrons. The Morgan fingerprint density at radius 1 is 0.706 bits per heavy atom. The van der Waals surface area contributed by atoms with Crippen molar-refractivity contribution >= 4 is 0 Å². The van der Waals surface area contributed by atoms with Gasteiger partial charge in [0.15, 0.2) is 5.79 Å². The van der Waals surface area contributed by atoms with Crippen LogP contribution in [0.1, 0.15) is 78.1 Å². The second-order valence-electron chi connectivity index (χ2n) is 5.12. The van der Waals surface area contributed by atoms with Crippen LogP contribution in [0, 0.1) is 0 Å². The van der Waals surface area contributed by atoms with E-state index < -0.39 is 0 Å². The van der Waals surface area contributed by atoms with Gasteiger partial charge >= 0.3 is 0 Å². The molecule has 0 aromatic carbocycles. The summed E-state index contributed by atoms with van der Waals surface area (Å²) in [6.07, 6.45) is 13.2. The van der Waals surface area contributed by atoms with E-state index in [1.807, 2.05) is 6.92 Å². The molecule has 0 radical (unpaired) electrons. The minimum Gasteiger partial charge on any atom is -0.353 e. The average Bonchev–Trinajstić information content (AvgIpc) is 2.36. The first-order valence-electron chi connectivity index (χ1n) is 7.29. The fourth-order valence-corrected chi connectivity index (χ4v) is 2.04. The fourth-order valence-electron chi connectivity index (χ4n) is 2.04. The molecule has 0 saturated carbocycles. The van der Waals surface area contributed by atoms with Crippen LogP contribution in [-0.4, -0.2) is 20.0 Å². The van der Waals surface area contributed by atoms with Crippen molar-refractivity contribution in [2.45, 2.75) is 83.8 Å². The predicted octanol–water partition coefficient (Wildman–Crippen LogP) is 4.92. The smallest absolute Gasteiger partial charge is 0.164 e. The van der Waals surface area contributed by atoms with Gasteiger partial charge in [-0.2, -0.15) is 0 Å². The monoisotopic (exact) mass is 244 g/mol. The van der Waals surface area contributed by atoms with E-state index >= 15 is 0 Å². The molecule has 2 nitrogen and oxygen atoms in total. The molecule has 0 spiro atoms. The molecule has 0 aliphatic carbocycles. The first kappa shape index (κ1) is 16.9. The quantitative estimate of drug-likeness (QED) is 0.358. The lowest BCUT2D eigenvalue weighted by atomic mass is 10.0. The fraction of sp³-hybridized carbons (Fsp3) is 1.00. The van der Waals surface area contributed by atoms with E-state index in [0.29, 0.717) is 0 Å². The highest BCUT2D eigenvalue weighted by Gasteiger charge is 2.21. The molecule has 0 saturated heterocycles. The van der Waals surface area contributed by atoms with Crippen LogP contribution in [0.25, 0.3) is 0 Å². The van der Waals surface area contributed by atoms with E-state index in [2.05, 4.69) is 6.92 Å². The molecular weight excluding hydrogens is 212 g/mol. The third-order valence-electron chi connectivity index (χ3n) is 3.60. The Labute approximate surface area is 108 Å². The Kier molecular flexibility index (Phi) is 11.0. The zero-order valence-electron chi connectivity index (χ0n) is 12.4. The van der Waals surface area contributed by atoms with Crippen molar-refractivity contribution in [1.82, 2.24) is 0 Å². The van der Waals surface area contributed by atoms with E-state index in [0.717, 1.165) is 6.42 Å². The van der Waals surface area contributed by atoms with E-state index in [9.17, 15) is 0 Å². The van der Waals surface area contributed by atoms with E-state index in [1.165, 1.54) is 57.8 Å². The summed E-state index contributed by atoms with van der Waals surface area (Å²) in [6.45, 7) is 4.28. The highest BCUT2D eigenvalue weighted by molar-refractivity contribution is 4.61. The topological polar surface area (TPSA) is 18.5 Å². The molecule has 0 amide bonds. The number of rotatable bonds is 12. The second-order valence-corrected chi connectivity index (χ2v) is 5.12.